The van der Waals surface area contributed by atoms with Crippen LogP contribution in [0, 0.1) is 11.2 Å². The minimum absolute atomic E-state index is 0.109. The van der Waals surface area contributed by atoms with Crippen molar-refractivity contribution in [2.45, 2.75) is 110 Å². The van der Waals surface area contributed by atoms with E-state index in [4.69, 9.17) is 15.2 Å². The van der Waals surface area contributed by atoms with E-state index in [1.165, 1.54) is 6.07 Å². The summed E-state index contributed by atoms with van der Waals surface area (Å²) in [6, 6.07) is 3.00. The molecule has 11 heteroatoms. The van der Waals surface area contributed by atoms with Crippen LogP contribution in [-0.2, 0) is 33.5 Å². The van der Waals surface area contributed by atoms with Gasteiger partial charge in [0.25, 0.3) is 5.91 Å². The first kappa shape index (κ1) is 31.5. The second-order valence-corrected chi connectivity index (χ2v) is 14.1. The number of nitrogens with one attached hydrogen (secondary N) is 2. The number of carbonyl (C=O) groups is 4. The number of amides is 2. The Morgan fingerprint density at radius 1 is 1.07 bits per heavy atom. The smallest absolute Gasteiger partial charge is 0.408 e. The summed E-state index contributed by atoms with van der Waals surface area (Å²) in [6.07, 6.45) is 5.05. The highest BCUT2D eigenvalue weighted by atomic mass is 19.1. The molecule has 0 aliphatic heterocycles. The number of esters is 1. The van der Waals surface area contributed by atoms with E-state index in [1.807, 2.05) is 4.57 Å². The van der Waals surface area contributed by atoms with Gasteiger partial charge in [0.2, 0.25) is 0 Å². The number of hydrogen-bond acceptors (Lipinski definition) is 7. The molecule has 1 saturated carbocycles. The molecule has 0 bridgehead atoms. The van der Waals surface area contributed by atoms with E-state index < -0.39 is 29.4 Å². The Morgan fingerprint density at radius 3 is 2.43 bits per heavy atom. The topological polar surface area (TPSA) is 142 Å². The lowest BCUT2D eigenvalue weighted by molar-refractivity contribution is -0.149. The van der Waals surface area contributed by atoms with Gasteiger partial charge in [0.15, 0.2) is 5.78 Å². The van der Waals surface area contributed by atoms with Gasteiger partial charge in [-0.15, -0.1) is 0 Å². The summed E-state index contributed by atoms with van der Waals surface area (Å²) in [5.41, 5.74) is 9.25. The number of benzene rings is 1. The van der Waals surface area contributed by atoms with Crippen LogP contribution >= 0.6 is 0 Å². The number of ketones is 1. The molecule has 3 aliphatic rings. The number of Topliss-reactive ketones (excluding diaryl/α,β-unsaturated/α-hetero) is 1. The summed E-state index contributed by atoms with van der Waals surface area (Å²) >= 11 is 0. The molecule has 10 nitrogen and oxygen atoms in total. The van der Waals surface area contributed by atoms with Crippen LogP contribution in [0.3, 0.4) is 0 Å². The van der Waals surface area contributed by atoms with E-state index in [2.05, 4.69) is 24.5 Å². The zero-order valence-electron chi connectivity index (χ0n) is 26.2. The molecule has 2 aromatic rings. The maximum Gasteiger partial charge on any atom is 0.408 e. The molecule has 1 aromatic carbocycles. The molecule has 1 heterocycles. The average Bonchev–Trinajstić information content (AvgIpc) is 3.46. The van der Waals surface area contributed by atoms with Gasteiger partial charge in [-0.25, -0.2) is 9.18 Å². The fourth-order valence-electron chi connectivity index (χ4n) is 6.86. The van der Waals surface area contributed by atoms with Gasteiger partial charge >= 0.3 is 12.1 Å². The quantitative estimate of drug-likeness (QED) is 0.368. The van der Waals surface area contributed by atoms with Crippen LogP contribution in [0.4, 0.5) is 14.9 Å². The summed E-state index contributed by atoms with van der Waals surface area (Å²) in [5.74, 6) is -2.00. The molecule has 3 aliphatic carbocycles. The number of anilines is 1. The summed E-state index contributed by atoms with van der Waals surface area (Å²) in [5, 5.41) is 5.75. The molecule has 238 valence electrons. The van der Waals surface area contributed by atoms with Gasteiger partial charge in [-0.05, 0) is 95.2 Å². The summed E-state index contributed by atoms with van der Waals surface area (Å²) in [7, 11) is 0. The van der Waals surface area contributed by atoms with Gasteiger partial charge in [0.05, 0.1) is 16.9 Å². The van der Waals surface area contributed by atoms with E-state index in [1.54, 1.807) is 26.8 Å². The molecule has 0 saturated heterocycles. The molecule has 0 unspecified atom stereocenters. The van der Waals surface area contributed by atoms with E-state index in [0.717, 1.165) is 41.8 Å². The first-order chi connectivity index (χ1) is 20.6. The molecule has 1 aromatic heterocycles. The molecule has 0 spiro atoms. The summed E-state index contributed by atoms with van der Waals surface area (Å²) in [6.45, 7) is 9.05. The van der Waals surface area contributed by atoms with Crippen LogP contribution in [0.15, 0.2) is 12.1 Å². The fourth-order valence-corrected chi connectivity index (χ4v) is 6.86. The molecule has 4 N–H and O–H groups in total. The van der Waals surface area contributed by atoms with E-state index in [-0.39, 0.29) is 35.5 Å². The van der Waals surface area contributed by atoms with E-state index in [0.29, 0.717) is 49.9 Å². The molecule has 2 amide bonds. The van der Waals surface area contributed by atoms with E-state index >= 15 is 4.39 Å². The van der Waals surface area contributed by atoms with Crippen molar-refractivity contribution in [1.29, 1.82) is 0 Å². The predicted octanol–water partition coefficient (Wildman–Crippen LogP) is 5.15. The number of rotatable bonds is 7. The molecule has 0 radical (unpaired) electrons. The zero-order valence-corrected chi connectivity index (χ0v) is 26.2. The SMILES string of the molecule is CC1(C)CC(=O)c2c3c(n(-c4cc(F)c(C(N)=O)c(NC5CCC(OC(=O)CNC(=O)OC(C)(C)C)CC5)c4)c2C1)CCC3. The van der Waals surface area contributed by atoms with Crippen molar-refractivity contribution in [3.63, 3.8) is 0 Å². The molecule has 5 rings (SSSR count). The van der Waals surface area contributed by atoms with Gasteiger partial charge in [-0.1, -0.05) is 13.8 Å². The Hall–Kier alpha value is -3.89. The lowest BCUT2D eigenvalue weighted by Crippen LogP contribution is -2.38. The second kappa shape index (κ2) is 11.9. The Bertz CT molecular complexity index is 1500. The van der Waals surface area contributed by atoms with Crippen LogP contribution in [0.1, 0.15) is 111 Å². The van der Waals surface area contributed by atoms with Crippen LogP contribution in [0.25, 0.3) is 5.69 Å². The first-order valence-corrected chi connectivity index (χ1v) is 15.5. The van der Waals surface area contributed by atoms with Crippen molar-refractivity contribution < 1.29 is 33.0 Å². The van der Waals surface area contributed by atoms with Crippen LogP contribution in [-0.4, -0.2) is 52.6 Å². The second-order valence-electron chi connectivity index (χ2n) is 14.1. The predicted molar refractivity (Wildman–Crippen MR) is 163 cm³/mol. The number of carbonyl (C=O) groups excluding carboxylic acids is 4. The van der Waals surface area contributed by atoms with Gasteiger partial charge in [-0.2, -0.15) is 0 Å². The third kappa shape index (κ3) is 6.76. The number of nitrogens with zero attached hydrogens (tertiary/aromatic N) is 1. The van der Waals surface area contributed by atoms with Crippen molar-refractivity contribution in [1.82, 2.24) is 9.88 Å². The summed E-state index contributed by atoms with van der Waals surface area (Å²) < 4.78 is 28.3. The standard InChI is InChI=1S/C33H43FN4O6/c1-32(2,3)44-31(42)36-17-27(40)43-20-11-9-18(10-12-20)37-23-14-19(13-22(34)29(23)30(35)41)38-24-8-6-7-21(24)28-25(38)15-33(4,5)16-26(28)39/h13-14,18,20,37H,6-12,15-17H2,1-5H3,(H2,35,41)(H,36,42). The lowest BCUT2D eigenvalue weighted by Gasteiger charge is -2.31. The Labute approximate surface area is 257 Å². The Morgan fingerprint density at radius 2 is 1.77 bits per heavy atom. The number of primary amides is 1. The van der Waals surface area contributed by atoms with Gasteiger partial charge < -0.3 is 30.4 Å². The monoisotopic (exact) mass is 610 g/mol. The normalized spacial score (nSPS) is 20.8. The number of fused-ring (bicyclic) bond motifs is 3. The highest BCUT2D eigenvalue weighted by Gasteiger charge is 2.39. The minimum atomic E-state index is -0.868. The Balaban J connectivity index is 1.31. The zero-order chi connectivity index (χ0) is 32.0. The number of nitrogens with two attached hydrogens (primary N) is 1. The highest BCUT2D eigenvalue weighted by molar-refractivity contribution is 6.01. The molecule has 1 fully saturated rings. The minimum Gasteiger partial charge on any atom is -0.461 e. The van der Waals surface area contributed by atoms with Crippen molar-refractivity contribution in [3.05, 3.63) is 46.0 Å². The highest BCUT2D eigenvalue weighted by Crippen LogP contribution is 2.43. The fraction of sp³-hybridized carbons (Fsp3) is 0.576. The van der Waals surface area contributed by atoms with Crippen molar-refractivity contribution in [2.24, 2.45) is 11.1 Å². The van der Waals surface area contributed by atoms with Crippen molar-refractivity contribution in [3.8, 4) is 5.69 Å². The Kier molecular flexibility index (Phi) is 8.52. The van der Waals surface area contributed by atoms with Crippen molar-refractivity contribution in [2.75, 3.05) is 11.9 Å². The average molecular weight is 611 g/mol. The molecular weight excluding hydrogens is 567 g/mol. The van der Waals surface area contributed by atoms with Crippen molar-refractivity contribution >= 4 is 29.4 Å². The van der Waals surface area contributed by atoms with Crippen LogP contribution in [0.5, 0.6) is 0 Å². The van der Waals surface area contributed by atoms with E-state index in [9.17, 15) is 19.2 Å². The van der Waals surface area contributed by atoms with Gasteiger partial charge in [0.1, 0.15) is 24.1 Å². The van der Waals surface area contributed by atoms with Crippen LogP contribution < -0.4 is 16.4 Å². The number of aromatic nitrogens is 1. The summed E-state index contributed by atoms with van der Waals surface area (Å²) in [4.78, 5) is 49.7. The van der Waals surface area contributed by atoms with Gasteiger partial charge in [0, 0.05) is 29.4 Å². The number of ether oxygens (including phenoxy) is 2. The molecule has 44 heavy (non-hydrogen) atoms. The number of halogens is 1. The lowest BCUT2D eigenvalue weighted by atomic mass is 9.75. The van der Waals surface area contributed by atoms with Gasteiger partial charge in [-0.3, -0.25) is 14.4 Å². The number of alkyl carbamates (subject to hydrolysis) is 1. The molecular formula is C33H43FN4O6. The first-order valence-electron chi connectivity index (χ1n) is 15.5. The van der Waals surface area contributed by atoms with Crippen LogP contribution in [0.2, 0.25) is 0 Å². The number of hydrogen-bond donors (Lipinski definition) is 3. The third-order valence-electron chi connectivity index (χ3n) is 8.57. The maximum absolute atomic E-state index is 15.6. The third-order valence-corrected chi connectivity index (χ3v) is 8.57. The molecule has 0 atom stereocenters. The largest absolute Gasteiger partial charge is 0.461 e. The maximum atomic E-state index is 15.6.